The molecule has 2 atom stereocenters. The van der Waals surface area contributed by atoms with Crippen molar-refractivity contribution in [1.29, 1.82) is 0 Å². The van der Waals surface area contributed by atoms with E-state index in [-0.39, 0.29) is 12.1 Å². The number of hydrogen-bond acceptors (Lipinski definition) is 2. The van der Waals surface area contributed by atoms with Crippen LogP contribution in [-0.4, -0.2) is 19.3 Å². The van der Waals surface area contributed by atoms with Crippen molar-refractivity contribution >= 4 is 0 Å². The van der Waals surface area contributed by atoms with E-state index in [1.165, 1.54) is 0 Å². The number of benzene rings is 1. The molecule has 0 aliphatic carbocycles. The summed E-state index contributed by atoms with van der Waals surface area (Å²) in [5, 5.41) is 3.21. The summed E-state index contributed by atoms with van der Waals surface area (Å²) >= 11 is 0. The van der Waals surface area contributed by atoms with E-state index >= 15 is 0 Å². The number of nitrogens with one attached hydrogen (secondary N) is 1. The Kier molecular flexibility index (Phi) is 4.66. The van der Waals surface area contributed by atoms with E-state index in [0.717, 1.165) is 25.5 Å². The van der Waals surface area contributed by atoms with Crippen molar-refractivity contribution in [3.05, 3.63) is 35.4 Å². The summed E-state index contributed by atoms with van der Waals surface area (Å²) in [6.07, 6.45) is 2.89. The van der Waals surface area contributed by atoms with E-state index in [1.807, 2.05) is 6.92 Å². The lowest BCUT2D eigenvalue weighted by Gasteiger charge is -2.22. The second-order valence-corrected chi connectivity index (χ2v) is 4.62. The van der Waals surface area contributed by atoms with Gasteiger partial charge in [-0.2, -0.15) is 0 Å². The lowest BCUT2D eigenvalue weighted by atomic mass is 9.98. The van der Waals surface area contributed by atoms with Crippen LogP contribution >= 0.6 is 0 Å². The first-order chi connectivity index (χ1) is 8.72. The van der Waals surface area contributed by atoms with Crippen molar-refractivity contribution in [2.24, 2.45) is 0 Å². The molecule has 1 heterocycles. The van der Waals surface area contributed by atoms with E-state index < -0.39 is 11.6 Å². The Morgan fingerprint density at radius 2 is 2.28 bits per heavy atom. The molecule has 1 aliphatic rings. The van der Waals surface area contributed by atoms with Gasteiger partial charge in [0, 0.05) is 18.2 Å². The van der Waals surface area contributed by atoms with Crippen LogP contribution in [0.3, 0.4) is 0 Å². The molecule has 1 saturated heterocycles. The molecule has 0 bridgehead atoms. The first kappa shape index (κ1) is 13.4. The van der Waals surface area contributed by atoms with Crippen LogP contribution in [0.15, 0.2) is 18.2 Å². The van der Waals surface area contributed by atoms with Gasteiger partial charge in [-0.25, -0.2) is 8.78 Å². The molecule has 1 aromatic rings. The van der Waals surface area contributed by atoms with Gasteiger partial charge < -0.3 is 10.1 Å². The smallest absolute Gasteiger partial charge is 0.163 e. The molecule has 4 heteroatoms. The fourth-order valence-electron chi connectivity index (χ4n) is 2.45. The molecular formula is C14H19F2NO. The third-order valence-corrected chi connectivity index (χ3v) is 3.33. The highest BCUT2D eigenvalue weighted by Crippen LogP contribution is 2.27. The van der Waals surface area contributed by atoms with Crippen molar-refractivity contribution in [3.63, 3.8) is 0 Å². The fraction of sp³-hybridized carbons (Fsp3) is 0.571. The van der Waals surface area contributed by atoms with Gasteiger partial charge in [0.15, 0.2) is 11.6 Å². The normalized spacial score (nSPS) is 21.2. The Morgan fingerprint density at radius 1 is 1.44 bits per heavy atom. The highest BCUT2D eigenvalue weighted by atomic mass is 19.2. The average Bonchev–Trinajstić information content (AvgIpc) is 2.85. The maximum absolute atomic E-state index is 13.8. The molecule has 0 radical (unpaired) electrons. The molecule has 2 nitrogen and oxygen atoms in total. The molecule has 1 fully saturated rings. The van der Waals surface area contributed by atoms with E-state index in [0.29, 0.717) is 18.5 Å². The zero-order valence-electron chi connectivity index (χ0n) is 10.6. The van der Waals surface area contributed by atoms with Crippen LogP contribution in [0.25, 0.3) is 0 Å². The summed E-state index contributed by atoms with van der Waals surface area (Å²) in [6, 6.07) is 4.15. The third kappa shape index (κ3) is 3.06. The van der Waals surface area contributed by atoms with Gasteiger partial charge in [0.25, 0.3) is 0 Å². The SMILES string of the molecule is CCNC(CC1CCCO1)c1cccc(F)c1F. The Bertz CT molecular complexity index is 391. The predicted molar refractivity (Wildman–Crippen MR) is 66.4 cm³/mol. The number of rotatable bonds is 5. The van der Waals surface area contributed by atoms with Crippen LogP contribution in [-0.2, 0) is 4.74 Å². The molecule has 1 N–H and O–H groups in total. The van der Waals surface area contributed by atoms with Gasteiger partial charge >= 0.3 is 0 Å². The maximum atomic E-state index is 13.8. The first-order valence-corrected chi connectivity index (χ1v) is 6.51. The Morgan fingerprint density at radius 3 is 2.94 bits per heavy atom. The summed E-state index contributed by atoms with van der Waals surface area (Å²) in [4.78, 5) is 0. The third-order valence-electron chi connectivity index (χ3n) is 3.33. The van der Waals surface area contributed by atoms with Crippen molar-refractivity contribution in [2.75, 3.05) is 13.2 Å². The predicted octanol–water partition coefficient (Wildman–Crippen LogP) is 3.18. The molecule has 2 rings (SSSR count). The average molecular weight is 255 g/mol. The molecule has 1 aromatic carbocycles. The van der Waals surface area contributed by atoms with Crippen LogP contribution in [0, 0.1) is 11.6 Å². The maximum Gasteiger partial charge on any atom is 0.163 e. The van der Waals surface area contributed by atoms with E-state index in [9.17, 15) is 8.78 Å². The summed E-state index contributed by atoms with van der Waals surface area (Å²) < 4.78 is 32.6. The minimum absolute atomic E-state index is 0.150. The van der Waals surface area contributed by atoms with Gasteiger partial charge in [0.05, 0.1) is 6.10 Å². The molecule has 18 heavy (non-hydrogen) atoms. The molecule has 0 aromatic heterocycles. The largest absolute Gasteiger partial charge is 0.378 e. The van der Waals surface area contributed by atoms with Gasteiger partial charge in [-0.15, -0.1) is 0 Å². The van der Waals surface area contributed by atoms with Crippen molar-refractivity contribution in [1.82, 2.24) is 5.32 Å². The standard InChI is InChI=1S/C14H19F2NO/c1-2-17-13(9-10-5-4-8-18-10)11-6-3-7-12(15)14(11)16/h3,6-7,10,13,17H,2,4-5,8-9H2,1H3. The molecule has 0 saturated carbocycles. The number of ether oxygens (including phenoxy) is 1. The van der Waals surface area contributed by atoms with Crippen LogP contribution in [0.5, 0.6) is 0 Å². The van der Waals surface area contributed by atoms with E-state index in [2.05, 4.69) is 5.32 Å². The molecule has 100 valence electrons. The molecule has 2 unspecified atom stereocenters. The van der Waals surface area contributed by atoms with Crippen molar-refractivity contribution in [3.8, 4) is 0 Å². The van der Waals surface area contributed by atoms with Gasteiger partial charge in [0.2, 0.25) is 0 Å². The van der Waals surface area contributed by atoms with Gasteiger partial charge in [-0.1, -0.05) is 19.1 Å². The Labute approximate surface area is 106 Å². The topological polar surface area (TPSA) is 21.3 Å². The summed E-state index contributed by atoms with van der Waals surface area (Å²) in [5.41, 5.74) is 0.396. The molecular weight excluding hydrogens is 236 g/mol. The monoisotopic (exact) mass is 255 g/mol. The zero-order valence-corrected chi connectivity index (χ0v) is 10.6. The highest BCUT2D eigenvalue weighted by molar-refractivity contribution is 5.22. The van der Waals surface area contributed by atoms with Crippen LogP contribution < -0.4 is 5.32 Å². The van der Waals surface area contributed by atoms with Crippen molar-refractivity contribution in [2.45, 2.75) is 38.3 Å². The fourth-order valence-corrected chi connectivity index (χ4v) is 2.45. The second kappa shape index (κ2) is 6.25. The quantitative estimate of drug-likeness (QED) is 0.872. The van der Waals surface area contributed by atoms with Crippen LogP contribution in [0.2, 0.25) is 0 Å². The second-order valence-electron chi connectivity index (χ2n) is 4.62. The van der Waals surface area contributed by atoms with Crippen LogP contribution in [0.1, 0.15) is 37.8 Å². The first-order valence-electron chi connectivity index (χ1n) is 6.51. The Balaban J connectivity index is 2.14. The summed E-state index contributed by atoms with van der Waals surface area (Å²) in [7, 11) is 0. The van der Waals surface area contributed by atoms with E-state index in [4.69, 9.17) is 4.74 Å². The summed E-state index contributed by atoms with van der Waals surface area (Å²) in [5.74, 6) is -1.54. The van der Waals surface area contributed by atoms with Gasteiger partial charge in [-0.3, -0.25) is 0 Å². The molecule has 0 amide bonds. The minimum atomic E-state index is -0.789. The van der Waals surface area contributed by atoms with E-state index in [1.54, 1.807) is 12.1 Å². The highest BCUT2D eigenvalue weighted by Gasteiger charge is 2.24. The number of halogens is 2. The zero-order chi connectivity index (χ0) is 13.0. The van der Waals surface area contributed by atoms with Gasteiger partial charge in [0.1, 0.15) is 0 Å². The molecule has 0 spiro atoms. The summed E-state index contributed by atoms with van der Waals surface area (Å²) in [6.45, 7) is 3.45. The molecule has 1 aliphatic heterocycles. The van der Waals surface area contributed by atoms with Crippen LogP contribution in [0.4, 0.5) is 8.78 Å². The Hall–Kier alpha value is -1.00. The van der Waals surface area contributed by atoms with Crippen molar-refractivity contribution < 1.29 is 13.5 Å². The minimum Gasteiger partial charge on any atom is -0.378 e. The lowest BCUT2D eigenvalue weighted by molar-refractivity contribution is 0.0943. The lowest BCUT2D eigenvalue weighted by Crippen LogP contribution is -2.26. The number of hydrogen-bond donors (Lipinski definition) is 1. The van der Waals surface area contributed by atoms with Gasteiger partial charge in [-0.05, 0) is 31.9 Å².